The summed E-state index contributed by atoms with van der Waals surface area (Å²) in [5, 5.41) is 2.56. The number of benzene rings is 2. The molecule has 0 saturated carbocycles. The molecule has 0 unspecified atom stereocenters. The summed E-state index contributed by atoms with van der Waals surface area (Å²) in [6.07, 6.45) is 0. The molecule has 9 heteroatoms. The molecule has 0 aromatic heterocycles. The van der Waals surface area contributed by atoms with Crippen LogP contribution in [0.3, 0.4) is 0 Å². The van der Waals surface area contributed by atoms with Crippen LogP contribution in [0.25, 0.3) is 0 Å². The highest BCUT2D eigenvalue weighted by atomic mass is 35.5. The van der Waals surface area contributed by atoms with Gasteiger partial charge in [-0.15, -0.1) is 0 Å². The topological polar surface area (TPSA) is 66.5 Å². The molecule has 0 aliphatic heterocycles. The lowest BCUT2D eigenvalue weighted by atomic mass is 10.2. The molecule has 0 radical (unpaired) electrons. The predicted molar refractivity (Wildman–Crippen MR) is 91.7 cm³/mol. The molecular weight excluding hydrogens is 378 g/mol. The van der Waals surface area contributed by atoms with Crippen LogP contribution in [0.2, 0.25) is 10.0 Å². The molecule has 0 atom stereocenters. The van der Waals surface area contributed by atoms with Gasteiger partial charge in [-0.1, -0.05) is 23.2 Å². The number of nitrogens with zero attached hydrogens (tertiary/aromatic N) is 1. The number of rotatable bonds is 4. The van der Waals surface area contributed by atoms with Crippen LogP contribution in [0.5, 0.6) is 0 Å². The monoisotopic (exact) mass is 390 g/mol. The Morgan fingerprint density at radius 2 is 1.79 bits per heavy atom. The van der Waals surface area contributed by atoms with Crippen molar-refractivity contribution >= 4 is 44.8 Å². The van der Waals surface area contributed by atoms with Crippen LogP contribution < -0.4 is 5.32 Å². The molecular formula is C15H13Cl2FN2O3S. The van der Waals surface area contributed by atoms with Crippen molar-refractivity contribution in [2.75, 3.05) is 19.4 Å². The fourth-order valence-corrected chi connectivity index (χ4v) is 3.12. The minimum Gasteiger partial charge on any atom is -0.319 e. The molecule has 0 heterocycles. The highest BCUT2D eigenvalue weighted by Gasteiger charge is 2.21. The highest BCUT2D eigenvalue weighted by molar-refractivity contribution is 7.89. The first-order chi connectivity index (χ1) is 11.1. The number of anilines is 1. The molecule has 24 heavy (non-hydrogen) atoms. The van der Waals surface area contributed by atoms with Gasteiger partial charge >= 0.3 is 0 Å². The van der Waals surface area contributed by atoms with E-state index >= 15 is 0 Å². The Labute approximate surface area is 149 Å². The molecule has 0 spiro atoms. The number of hydrogen-bond donors (Lipinski definition) is 1. The van der Waals surface area contributed by atoms with E-state index in [9.17, 15) is 17.6 Å². The lowest BCUT2D eigenvalue weighted by molar-refractivity contribution is 0.102. The van der Waals surface area contributed by atoms with Gasteiger partial charge in [0.1, 0.15) is 5.82 Å². The van der Waals surface area contributed by atoms with Crippen molar-refractivity contribution in [3.63, 3.8) is 0 Å². The summed E-state index contributed by atoms with van der Waals surface area (Å²) in [5.74, 6) is -1.46. The van der Waals surface area contributed by atoms with Crippen molar-refractivity contribution in [3.05, 3.63) is 57.8 Å². The third-order valence-electron chi connectivity index (χ3n) is 3.14. The summed E-state index contributed by atoms with van der Waals surface area (Å²) in [6, 6.07) is 7.48. The second-order valence-electron chi connectivity index (χ2n) is 5.01. The van der Waals surface area contributed by atoms with Crippen LogP contribution in [-0.4, -0.2) is 32.7 Å². The van der Waals surface area contributed by atoms with E-state index in [1.807, 2.05) is 0 Å². The number of carbonyl (C=O) groups excluding carboxylic acids is 1. The van der Waals surface area contributed by atoms with Crippen LogP contribution in [0.1, 0.15) is 10.4 Å². The van der Waals surface area contributed by atoms with E-state index in [0.717, 1.165) is 16.4 Å². The van der Waals surface area contributed by atoms with Crippen molar-refractivity contribution in [3.8, 4) is 0 Å². The quantitative estimate of drug-likeness (QED) is 0.866. The Bertz CT molecular complexity index is 902. The van der Waals surface area contributed by atoms with E-state index in [4.69, 9.17) is 23.2 Å². The van der Waals surface area contributed by atoms with Crippen molar-refractivity contribution in [2.24, 2.45) is 0 Å². The van der Waals surface area contributed by atoms with E-state index in [1.165, 1.54) is 38.4 Å². The molecule has 0 bridgehead atoms. The third-order valence-corrected chi connectivity index (χ3v) is 5.52. The molecule has 2 aromatic carbocycles. The molecule has 2 rings (SSSR count). The Kier molecular flexibility index (Phi) is 5.49. The van der Waals surface area contributed by atoms with Gasteiger partial charge in [0, 0.05) is 19.1 Å². The smallest absolute Gasteiger partial charge is 0.257 e. The Morgan fingerprint density at radius 1 is 1.12 bits per heavy atom. The van der Waals surface area contributed by atoms with Gasteiger partial charge in [0.05, 0.1) is 21.2 Å². The first kappa shape index (κ1) is 18.7. The Hall–Kier alpha value is -1.67. The number of hydrogen-bond acceptors (Lipinski definition) is 3. The van der Waals surface area contributed by atoms with E-state index < -0.39 is 21.7 Å². The zero-order valence-corrected chi connectivity index (χ0v) is 15.0. The van der Waals surface area contributed by atoms with Crippen LogP contribution >= 0.6 is 23.2 Å². The van der Waals surface area contributed by atoms with Gasteiger partial charge in [0.15, 0.2) is 0 Å². The number of sulfonamides is 1. The minimum absolute atomic E-state index is 0.0413. The summed E-state index contributed by atoms with van der Waals surface area (Å²) >= 11 is 11.6. The average molecular weight is 391 g/mol. The van der Waals surface area contributed by atoms with Gasteiger partial charge in [0.2, 0.25) is 10.0 Å². The van der Waals surface area contributed by atoms with Crippen LogP contribution in [0.15, 0.2) is 41.3 Å². The van der Waals surface area contributed by atoms with Crippen molar-refractivity contribution in [2.45, 2.75) is 4.90 Å². The zero-order chi connectivity index (χ0) is 18.1. The molecule has 0 fully saturated rings. The van der Waals surface area contributed by atoms with Gasteiger partial charge < -0.3 is 5.32 Å². The lowest BCUT2D eigenvalue weighted by Crippen LogP contribution is -2.23. The van der Waals surface area contributed by atoms with E-state index in [-0.39, 0.29) is 26.2 Å². The SMILES string of the molecule is CN(C)S(=O)(=O)c1ccc(Cl)c(C(=O)Nc2ccc(Cl)cc2F)c1. The standard InChI is InChI=1S/C15H13Cl2FN2O3S/c1-20(2)24(22,23)10-4-5-12(17)11(8-10)15(21)19-14-6-3-9(16)7-13(14)18/h3-8H,1-2H3,(H,19,21). The number of nitrogens with one attached hydrogen (secondary N) is 1. The van der Waals surface area contributed by atoms with E-state index in [2.05, 4.69) is 5.32 Å². The summed E-state index contributed by atoms with van der Waals surface area (Å²) < 4.78 is 39.1. The Balaban J connectivity index is 2.39. The lowest BCUT2D eigenvalue weighted by Gasteiger charge is -2.13. The number of halogens is 3. The molecule has 0 aliphatic carbocycles. The molecule has 2 aromatic rings. The van der Waals surface area contributed by atoms with Gasteiger partial charge in [0.25, 0.3) is 5.91 Å². The molecule has 0 saturated heterocycles. The third kappa shape index (κ3) is 3.87. The normalized spacial score (nSPS) is 11.6. The first-order valence-corrected chi connectivity index (χ1v) is 8.81. The summed E-state index contributed by atoms with van der Waals surface area (Å²) in [6.45, 7) is 0. The predicted octanol–water partition coefficient (Wildman–Crippen LogP) is 3.64. The largest absolute Gasteiger partial charge is 0.319 e. The highest BCUT2D eigenvalue weighted by Crippen LogP contribution is 2.24. The summed E-state index contributed by atoms with van der Waals surface area (Å²) in [4.78, 5) is 12.2. The second-order valence-corrected chi connectivity index (χ2v) is 8.00. The molecule has 1 amide bonds. The van der Waals surface area contributed by atoms with Crippen LogP contribution in [0.4, 0.5) is 10.1 Å². The van der Waals surface area contributed by atoms with Crippen LogP contribution in [-0.2, 0) is 10.0 Å². The van der Waals surface area contributed by atoms with Crippen molar-refractivity contribution in [1.82, 2.24) is 4.31 Å². The minimum atomic E-state index is -3.73. The zero-order valence-electron chi connectivity index (χ0n) is 12.7. The first-order valence-electron chi connectivity index (χ1n) is 6.61. The van der Waals surface area contributed by atoms with Crippen molar-refractivity contribution < 1.29 is 17.6 Å². The van der Waals surface area contributed by atoms with Crippen LogP contribution in [0, 0.1) is 5.82 Å². The molecule has 0 aliphatic rings. The maximum Gasteiger partial charge on any atom is 0.257 e. The number of carbonyl (C=O) groups is 1. The maximum absolute atomic E-state index is 13.8. The van der Waals surface area contributed by atoms with E-state index in [1.54, 1.807) is 0 Å². The fraction of sp³-hybridized carbons (Fsp3) is 0.133. The average Bonchev–Trinajstić information content (AvgIpc) is 2.50. The molecule has 5 nitrogen and oxygen atoms in total. The van der Waals surface area contributed by atoms with Gasteiger partial charge in [-0.05, 0) is 36.4 Å². The van der Waals surface area contributed by atoms with Gasteiger partial charge in [-0.3, -0.25) is 4.79 Å². The molecule has 1 N–H and O–H groups in total. The van der Waals surface area contributed by atoms with Crippen molar-refractivity contribution in [1.29, 1.82) is 0 Å². The fourth-order valence-electron chi connectivity index (χ4n) is 1.83. The van der Waals surface area contributed by atoms with Gasteiger partial charge in [-0.2, -0.15) is 0 Å². The number of amides is 1. The van der Waals surface area contributed by atoms with E-state index in [0.29, 0.717) is 0 Å². The summed E-state index contributed by atoms with van der Waals surface area (Å²) in [7, 11) is -0.997. The Morgan fingerprint density at radius 3 is 2.38 bits per heavy atom. The summed E-state index contributed by atoms with van der Waals surface area (Å²) in [5.41, 5.74) is -0.185. The van der Waals surface area contributed by atoms with Gasteiger partial charge in [-0.25, -0.2) is 17.1 Å². The molecule has 128 valence electrons. The maximum atomic E-state index is 13.8. The second kappa shape index (κ2) is 7.06.